The Morgan fingerprint density at radius 3 is 2.24 bits per heavy atom. The smallest absolute Gasteiger partial charge is 0.249 e. The minimum atomic E-state index is -0.576. The van der Waals surface area contributed by atoms with E-state index in [0.717, 1.165) is 5.92 Å². The quantitative estimate of drug-likeness (QED) is 0.798. The molecule has 3 heteroatoms. The molecule has 0 spiro atoms. The van der Waals surface area contributed by atoms with Gasteiger partial charge in [-0.1, -0.05) is 50.8 Å². The zero-order valence-corrected chi connectivity index (χ0v) is 10.2. The van der Waals surface area contributed by atoms with Gasteiger partial charge in [0.1, 0.15) is 0 Å². The van der Waals surface area contributed by atoms with Crippen molar-refractivity contribution in [3.8, 4) is 0 Å². The van der Waals surface area contributed by atoms with E-state index in [-0.39, 0.29) is 5.56 Å². The molecule has 2 rings (SSSR count). The van der Waals surface area contributed by atoms with Crippen LogP contribution in [0.25, 0.3) is 0 Å². The molecule has 92 valence electrons. The van der Waals surface area contributed by atoms with Gasteiger partial charge >= 0.3 is 0 Å². The lowest BCUT2D eigenvalue weighted by atomic mass is 10.1. The van der Waals surface area contributed by atoms with Crippen LogP contribution in [0, 0.1) is 5.92 Å². The number of rotatable bonds is 2. The summed E-state index contributed by atoms with van der Waals surface area (Å²) in [4.78, 5) is 21.0. The summed E-state index contributed by atoms with van der Waals surface area (Å²) in [5, 5.41) is 0. The van der Waals surface area contributed by atoms with Gasteiger partial charge in [-0.2, -0.15) is 0 Å². The Balaban J connectivity index is 0.000000202. The van der Waals surface area contributed by atoms with Gasteiger partial charge in [-0.05, 0) is 12.0 Å². The number of carbonyl (C=O) groups is 2. The van der Waals surface area contributed by atoms with Gasteiger partial charge in [0.2, 0.25) is 5.91 Å². The van der Waals surface area contributed by atoms with Crippen molar-refractivity contribution in [1.82, 2.24) is 0 Å². The molecule has 1 amide bonds. The number of hydrogen-bond donors (Lipinski definition) is 1. The Morgan fingerprint density at radius 1 is 1.29 bits per heavy atom. The normalized spacial score (nSPS) is 14.9. The summed E-state index contributed by atoms with van der Waals surface area (Å²) >= 11 is 0. The molecule has 17 heavy (non-hydrogen) atoms. The molecule has 0 heterocycles. The average molecular weight is 233 g/mol. The Labute approximate surface area is 102 Å². The first kappa shape index (κ1) is 13.4. The lowest BCUT2D eigenvalue weighted by molar-refractivity contribution is 0.0993. The molecule has 1 saturated carbocycles. The maximum atomic E-state index is 10.6. The third-order valence-corrected chi connectivity index (χ3v) is 3.00. The van der Waals surface area contributed by atoms with Gasteiger partial charge in [0.25, 0.3) is 0 Å². The number of hydrogen-bond acceptors (Lipinski definition) is 2. The third-order valence-electron chi connectivity index (χ3n) is 3.00. The largest absolute Gasteiger partial charge is 0.366 e. The number of benzene rings is 1. The molecular formula is C14H19NO2. The molecular weight excluding hydrogens is 214 g/mol. The van der Waals surface area contributed by atoms with Crippen LogP contribution >= 0.6 is 0 Å². The van der Waals surface area contributed by atoms with Crippen LogP contribution in [0.5, 0.6) is 0 Å². The maximum absolute atomic E-state index is 10.6. The van der Waals surface area contributed by atoms with Crippen molar-refractivity contribution in [2.24, 2.45) is 11.7 Å². The van der Waals surface area contributed by atoms with Crippen molar-refractivity contribution in [3.63, 3.8) is 0 Å². The number of aldehydes is 1. The van der Waals surface area contributed by atoms with Gasteiger partial charge in [-0.15, -0.1) is 0 Å². The Hall–Kier alpha value is -1.64. The summed E-state index contributed by atoms with van der Waals surface area (Å²) in [7, 11) is 0. The van der Waals surface area contributed by atoms with Gasteiger partial charge in [0.05, 0.1) is 0 Å². The second-order valence-corrected chi connectivity index (χ2v) is 4.46. The standard InChI is InChI=1S/C8H7NO2.C6H12/c9-8(11)7-4-2-1-3-6(7)5-10;1-6-4-2-3-5-6/h1-5H,(H2,9,11);6H,2-5H2,1H3. The first-order valence-electron chi connectivity index (χ1n) is 5.99. The van der Waals surface area contributed by atoms with Crippen LogP contribution in [-0.4, -0.2) is 12.2 Å². The second kappa shape index (κ2) is 6.84. The van der Waals surface area contributed by atoms with Crippen LogP contribution in [-0.2, 0) is 0 Å². The summed E-state index contributed by atoms with van der Waals surface area (Å²) in [6, 6.07) is 6.41. The molecule has 1 aromatic rings. The van der Waals surface area contributed by atoms with Crippen LogP contribution in [0.2, 0.25) is 0 Å². The van der Waals surface area contributed by atoms with Gasteiger partial charge in [-0.3, -0.25) is 9.59 Å². The SMILES string of the molecule is CC1CCCC1.NC(=O)c1ccccc1C=O. The lowest BCUT2D eigenvalue weighted by Gasteiger charge is -1.96. The van der Waals surface area contributed by atoms with Crippen molar-refractivity contribution in [1.29, 1.82) is 0 Å². The van der Waals surface area contributed by atoms with E-state index in [4.69, 9.17) is 5.73 Å². The van der Waals surface area contributed by atoms with Gasteiger partial charge in [0.15, 0.2) is 6.29 Å². The molecule has 0 atom stereocenters. The fourth-order valence-corrected chi connectivity index (χ4v) is 1.95. The minimum absolute atomic E-state index is 0.266. The summed E-state index contributed by atoms with van der Waals surface area (Å²) in [5.74, 6) is 0.470. The number of carbonyl (C=O) groups excluding carboxylic acids is 2. The molecule has 0 bridgehead atoms. The number of amides is 1. The van der Waals surface area contributed by atoms with Crippen molar-refractivity contribution in [2.75, 3.05) is 0 Å². The fraction of sp³-hybridized carbons (Fsp3) is 0.429. The molecule has 1 fully saturated rings. The summed E-state index contributed by atoms with van der Waals surface area (Å²) < 4.78 is 0. The zero-order chi connectivity index (χ0) is 12.7. The van der Waals surface area contributed by atoms with E-state index in [1.807, 2.05) is 0 Å². The lowest BCUT2D eigenvalue weighted by Crippen LogP contribution is -2.13. The Kier molecular flexibility index (Phi) is 5.40. The van der Waals surface area contributed by atoms with Crippen molar-refractivity contribution < 1.29 is 9.59 Å². The zero-order valence-electron chi connectivity index (χ0n) is 10.2. The molecule has 2 N–H and O–H groups in total. The first-order chi connectivity index (χ1) is 8.15. The van der Waals surface area contributed by atoms with Crippen LogP contribution in [0.4, 0.5) is 0 Å². The molecule has 0 aromatic heterocycles. The molecule has 0 unspecified atom stereocenters. The average Bonchev–Trinajstić information content (AvgIpc) is 2.81. The molecule has 0 radical (unpaired) electrons. The molecule has 0 aliphatic heterocycles. The van der Waals surface area contributed by atoms with E-state index >= 15 is 0 Å². The van der Waals surface area contributed by atoms with E-state index < -0.39 is 5.91 Å². The second-order valence-electron chi connectivity index (χ2n) is 4.46. The van der Waals surface area contributed by atoms with Crippen molar-refractivity contribution >= 4 is 12.2 Å². The highest BCUT2D eigenvalue weighted by molar-refractivity contribution is 6.00. The van der Waals surface area contributed by atoms with Gasteiger partial charge < -0.3 is 5.73 Å². The van der Waals surface area contributed by atoms with Gasteiger partial charge in [0, 0.05) is 11.1 Å². The number of primary amides is 1. The van der Waals surface area contributed by atoms with E-state index in [2.05, 4.69) is 6.92 Å². The van der Waals surface area contributed by atoms with Crippen LogP contribution in [0.15, 0.2) is 24.3 Å². The predicted octanol–water partition coefficient (Wildman–Crippen LogP) is 2.79. The summed E-state index contributed by atoms with van der Waals surface area (Å²) in [6.45, 7) is 2.34. The van der Waals surface area contributed by atoms with E-state index in [0.29, 0.717) is 11.8 Å². The van der Waals surface area contributed by atoms with E-state index in [1.165, 1.54) is 31.7 Å². The molecule has 1 aliphatic rings. The highest BCUT2D eigenvalue weighted by Crippen LogP contribution is 2.22. The molecule has 3 nitrogen and oxygen atoms in total. The van der Waals surface area contributed by atoms with Crippen LogP contribution in [0.3, 0.4) is 0 Å². The first-order valence-corrected chi connectivity index (χ1v) is 5.99. The predicted molar refractivity (Wildman–Crippen MR) is 68.0 cm³/mol. The molecule has 1 aliphatic carbocycles. The Bertz CT molecular complexity index is 382. The minimum Gasteiger partial charge on any atom is -0.366 e. The van der Waals surface area contributed by atoms with Crippen molar-refractivity contribution in [2.45, 2.75) is 32.6 Å². The van der Waals surface area contributed by atoms with Gasteiger partial charge in [-0.25, -0.2) is 0 Å². The summed E-state index contributed by atoms with van der Waals surface area (Å²) in [5.41, 5.74) is 5.59. The van der Waals surface area contributed by atoms with Crippen molar-refractivity contribution in [3.05, 3.63) is 35.4 Å². The van der Waals surface area contributed by atoms with Crippen LogP contribution < -0.4 is 5.73 Å². The topological polar surface area (TPSA) is 60.2 Å². The Morgan fingerprint density at radius 2 is 1.88 bits per heavy atom. The molecule has 1 aromatic carbocycles. The highest BCUT2D eigenvalue weighted by atomic mass is 16.1. The third kappa shape index (κ3) is 4.39. The fourth-order valence-electron chi connectivity index (χ4n) is 1.95. The van der Waals surface area contributed by atoms with E-state index in [9.17, 15) is 9.59 Å². The highest BCUT2D eigenvalue weighted by Gasteiger charge is 2.07. The monoisotopic (exact) mass is 233 g/mol. The van der Waals surface area contributed by atoms with E-state index in [1.54, 1.807) is 18.2 Å². The molecule has 0 saturated heterocycles. The number of nitrogens with two attached hydrogens (primary N) is 1. The maximum Gasteiger partial charge on any atom is 0.249 e. The van der Waals surface area contributed by atoms with Crippen LogP contribution in [0.1, 0.15) is 53.3 Å². The summed E-state index contributed by atoms with van der Waals surface area (Å²) in [6.07, 6.45) is 6.56.